The van der Waals surface area contributed by atoms with E-state index in [1.54, 1.807) is 6.07 Å². The Kier molecular flexibility index (Phi) is 4.27. The van der Waals surface area contributed by atoms with Crippen molar-refractivity contribution in [3.8, 4) is 11.5 Å². The van der Waals surface area contributed by atoms with E-state index >= 15 is 0 Å². The highest BCUT2D eigenvalue weighted by Gasteiger charge is 2.26. The summed E-state index contributed by atoms with van der Waals surface area (Å²) in [5, 5.41) is 31.0. The van der Waals surface area contributed by atoms with Crippen molar-refractivity contribution in [1.82, 2.24) is 5.32 Å². The average molecular weight is 265 g/mol. The van der Waals surface area contributed by atoms with Gasteiger partial charge in [-0.05, 0) is 37.0 Å². The fourth-order valence-corrected chi connectivity index (χ4v) is 2.54. The van der Waals surface area contributed by atoms with Gasteiger partial charge >= 0.3 is 5.97 Å². The number of nitrogens with one attached hydrogen (secondary N) is 1. The summed E-state index contributed by atoms with van der Waals surface area (Å²) in [5.41, 5.74) is 0.868. The quantitative estimate of drug-likeness (QED) is 0.624. The lowest BCUT2D eigenvalue weighted by Crippen LogP contribution is -2.36. The minimum absolute atomic E-state index is 0.132. The predicted molar refractivity (Wildman–Crippen MR) is 70.0 cm³/mol. The van der Waals surface area contributed by atoms with E-state index in [2.05, 4.69) is 5.32 Å². The SMILES string of the molecule is O=C(O)C1CCCC(NCc2ccc(O)c(O)c2)C1. The molecule has 2 atom stereocenters. The first kappa shape index (κ1) is 13.7. The largest absolute Gasteiger partial charge is 0.504 e. The van der Waals surface area contributed by atoms with Crippen molar-refractivity contribution in [2.75, 3.05) is 0 Å². The van der Waals surface area contributed by atoms with Crippen LogP contribution in [0.5, 0.6) is 11.5 Å². The van der Waals surface area contributed by atoms with Gasteiger partial charge in [-0.1, -0.05) is 12.5 Å². The van der Waals surface area contributed by atoms with E-state index in [-0.39, 0.29) is 23.5 Å². The van der Waals surface area contributed by atoms with E-state index < -0.39 is 5.97 Å². The molecule has 2 rings (SSSR count). The molecule has 0 spiro atoms. The Morgan fingerprint density at radius 2 is 2.05 bits per heavy atom. The minimum atomic E-state index is -0.714. The van der Waals surface area contributed by atoms with Gasteiger partial charge in [-0.3, -0.25) is 4.79 Å². The molecule has 0 aliphatic heterocycles. The molecule has 1 fully saturated rings. The zero-order valence-corrected chi connectivity index (χ0v) is 10.7. The molecular formula is C14H19NO4. The van der Waals surface area contributed by atoms with Crippen molar-refractivity contribution in [2.45, 2.75) is 38.3 Å². The van der Waals surface area contributed by atoms with Crippen molar-refractivity contribution in [3.63, 3.8) is 0 Å². The Hall–Kier alpha value is -1.75. The molecule has 104 valence electrons. The number of carbonyl (C=O) groups is 1. The second-order valence-electron chi connectivity index (χ2n) is 5.10. The molecule has 2 unspecified atom stereocenters. The summed E-state index contributed by atoms with van der Waals surface area (Å²) in [4.78, 5) is 11.0. The van der Waals surface area contributed by atoms with Gasteiger partial charge in [-0.25, -0.2) is 0 Å². The van der Waals surface area contributed by atoms with Gasteiger partial charge < -0.3 is 20.6 Å². The summed E-state index contributed by atoms with van der Waals surface area (Å²) in [6.07, 6.45) is 3.32. The van der Waals surface area contributed by atoms with Crippen LogP contribution in [0.2, 0.25) is 0 Å². The first-order chi connectivity index (χ1) is 9.06. The molecule has 1 saturated carbocycles. The Balaban J connectivity index is 1.87. The highest BCUT2D eigenvalue weighted by atomic mass is 16.4. The lowest BCUT2D eigenvalue weighted by molar-refractivity contribution is -0.143. The predicted octanol–water partition coefficient (Wildman–Crippen LogP) is 1.83. The highest BCUT2D eigenvalue weighted by Crippen LogP contribution is 2.26. The molecule has 0 aromatic heterocycles. The molecular weight excluding hydrogens is 246 g/mol. The summed E-state index contributed by atoms with van der Waals surface area (Å²) in [7, 11) is 0. The maximum Gasteiger partial charge on any atom is 0.306 e. The van der Waals surface area contributed by atoms with Crippen LogP contribution in [0.1, 0.15) is 31.2 Å². The van der Waals surface area contributed by atoms with Crippen LogP contribution in [0.15, 0.2) is 18.2 Å². The molecule has 4 N–H and O–H groups in total. The number of rotatable bonds is 4. The van der Waals surface area contributed by atoms with Gasteiger partial charge in [-0.15, -0.1) is 0 Å². The molecule has 1 aliphatic rings. The zero-order valence-electron chi connectivity index (χ0n) is 10.7. The molecule has 1 aromatic carbocycles. The van der Waals surface area contributed by atoms with Gasteiger partial charge in [0.1, 0.15) is 0 Å². The van der Waals surface area contributed by atoms with Gasteiger partial charge in [-0.2, -0.15) is 0 Å². The standard InChI is InChI=1S/C14H19NO4/c16-12-5-4-9(6-13(12)17)8-15-11-3-1-2-10(7-11)14(18)19/h4-6,10-11,15-17H,1-3,7-8H2,(H,18,19). The van der Waals surface area contributed by atoms with Crippen LogP contribution in [0.25, 0.3) is 0 Å². The van der Waals surface area contributed by atoms with E-state index in [1.165, 1.54) is 12.1 Å². The first-order valence-electron chi connectivity index (χ1n) is 6.53. The van der Waals surface area contributed by atoms with E-state index in [9.17, 15) is 15.0 Å². The summed E-state index contributed by atoms with van der Waals surface area (Å²) >= 11 is 0. The number of carboxylic acids is 1. The van der Waals surface area contributed by atoms with Crippen LogP contribution in [-0.2, 0) is 11.3 Å². The van der Waals surface area contributed by atoms with Crippen molar-refractivity contribution in [2.24, 2.45) is 5.92 Å². The van der Waals surface area contributed by atoms with E-state index in [4.69, 9.17) is 5.11 Å². The van der Waals surface area contributed by atoms with Crippen LogP contribution in [0.3, 0.4) is 0 Å². The summed E-state index contributed by atoms with van der Waals surface area (Å²) in [6.45, 7) is 0.560. The molecule has 0 bridgehead atoms. The molecule has 5 nitrogen and oxygen atoms in total. The Morgan fingerprint density at radius 1 is 1.26 bits per heavy atom. The molecule has 1 aromatic rings. The van der Waals surface area contributed by atoms with Crippen molar-refractivity contribution in [3.05, 3.63) is 23.8 Å². The number of benzene rings is 1. The maximum absolute atomic E-state index is 11.0. The second-order valence-corrected chi connectivity index (χ2v) is 5.10. The molecule has 1 aliphatic carbocycles. The normalized spacial score (nSPS) is 23.2. The number of phenols is 2. The number of carboxylic acid groups (broad SMARTS) is 1. The van der Waals surface area contributed by atoms with Crippen molar-refractivity contribution >= 4 is 5.97 Å². The molecule has 0 saturated heterocycles. The Morgan fingerprint density at radius 3 is 2.74 bits per heavy atom. The fraction of sp³-hybridized carbons (Fsp3) is 0.500. The third kappa shape index (κ3) is 3.61. The van der Waals surface area contributed by atoms with E-state index in [0.29, 0.717) is 13.0 Å². The smallest absolute Gasteiger partial charge is 0.306 e. The molecule has 0 amide bonds. The first-order valence-corrected chi connectivity index (χ1v) is 6.53. The maximum atomic E-state index is 11.0. The van der Waals surface area contributed by atoms with Crippen molar-refractivity contribution < 1.29 is 20.1 Å². The highest BCUT2D eigenvalue weighted by molar-refractivity contribution is 5.70. The van der Waals surface area contributed by atoms with Gasteiger partial charge in [0.05, 0.1) is 5.92 Å². The van der Waals surface area contributed by atoms with Crippen LogP contribution < -0.4 is 5.32 Å². The topological polar surface area (TPSA) is 89.8 Å². The lowest BCUT2D eigenvalue weighted by Gasteiger charge is -2.27. The molecule has 5 heteroatoms. The number of aliphatic carboxylic acids is 1. The Bertz CT molecular complexity index is 461. The summed E-state index contributed by atoms with van der Waals surface area (Å²) in [6, 6.07) is 4.90. The third-order valence-corrected chi connectivity index (χ3v) is 3.66. The van der Waals surface area contributed by atoms with Crippen LogP contribution in [-0.4, -0.2) is 27.3 Å². The lowest BCUT2D eigenvalue weighted by atomic mass is 9.86. The molecule has 0 heterocycles. The third-order valence-electron chi connectivity index (χ3n) is 3.66. The van der Waals surface area contributed by atoms with Gasteiger partial charge in [0.15, 0.2) is 11.5 Å². The van der Waals surface area contributed by atoms with Gasteiger partial charge in [0, 0.05) is 12.6 Å². The molecule has 0 radical (unpaired) electrons. The zero-order chi connectivity index (χ0) is 13.8. The fourth-order valence-electron chi connectivity index (χ4n) is 2.54. The average Bonchev–Trinajstić information content (AvgIpc) is 2.40. The summed E-state index contributed by atoms with van der Waals surface area (Å²) < 4.78 is 0. The van der Waals surface area contributed by atoms with Crippen LogP contribution >= 0.6 is 0 Å². The second kappa shape index (κ2) is 5.93. The van der Waals surface area contributed by atoms with Crippen LogP contribution in [0, 0.1) is 5.92 Å². The van der Waals surface area contributed by atoms with Gasteiger partial charge in [0.25, 0.3) is 0 Å². The van der Waals surface area contributed by atoms with Crippen LogP contribution in [0.4, 0.5) is 0 Å². The van der Waals surface area contributed by atoms with Crippen molar-refractivity contribution in [1.29, 1.82) is 0 Å². The van der Waals surface area contributed by atoms with E-state index in [0.717, 1.165) is 24.8 Å². The Labute approximate surface area is 111 Å². The number of aromatic hydroxyl groups is 2. The minimum Gasteiger partial charge on any atom is -0.504 e. The molecule has 19 heavy (non-hydrogen) atoms. The number of hydrogen-bond acceptors (Lipinski definition) is 4. The monoisotopic (exact) mass is 265 g/mol. The summed E-state index contributed by atoms with van der Waals surface area (Å²) in [5.74, 6) is -1.23. The number of phenolic OH excluding ortho intramolecular Hbond substituents is 2. The number of hydrogen-bond donors (Lipinski definition) is 4. The van der Waals surface area contributed by atoms with E-state index in [1.807, 2.05) is 0 Å². The van der Waals surface area contributed by atoms with Gasteiger partial charge in [0.2, 0.25) is 0 Å².